The molecule has 20 heavy (non-hydrogen) atoms. The highest BCUT2D eigenvalue weighted by atomic mass is 19.4. The number of hydrogen-bond acceptors (Lipinski definition) is 3. The molecular weight excluding hydrogens is 267 g/mol. The molecule has 1 aromatic heterocycles. The first-order chi connectivity index (χ1) is 9.42. The highest BCUT2D eigenvalue weighted by Crippen LogP contribution is 2.22. The largest absolute Gasteiger partial charge is 0.401 e. The van der Waals surface area contributed by atoms with Crippen LogP contribution >= 0.6 is 0 Å². The minimum Gasteiger partial charge on any atom is -0.385 e. The van der Waals surface area contributed by atoms with E-state index in [0.717, 1.165) is 30.8 Å². The van der Waals surface area contributed by atoms with Crippen LogP contribution in [-0.2, 0) is 0 Å². The van der Waals surface area contributed by atoms with Crippen molar-refractivity contribution in [2.45, 2.75) is 25.9 Å². The van der Waals surface area contributed by atoms with E-state index < -0.39 is 12.7 Å². The number of halogens is 3. The summed E-state index contributed by atoms with van der Waals surface area (Å²) in [5, 5.41) is 3.34. The minimum absolute atomic E-state index is 0.438. The number of pyridine rings is 1. The van der Waals surface area contributed by atoms with Crippen molar-refractivity contribution in [1.82, 2.24) is 9.88 Å². The molecule has 1 aliphatic heterocycles. The lowest BCUT2D eigenvalue weighted by Gasteiger charge is -2.32. The molecule has 0 radical (unpaired) electrons. The Morgan fingerprint density at radius 1 is 1.35 bits per heavy atom. The molecule has 0 spiro atoms. The quantitative estimate of drug-likeness (QED) is 0.922. The number of nitrogens with one attached hydrogen (secondary N) is 1. The standard InChI is InChI=1S/C14H20F3N3/c1-11-8-13(2-5-18-11)19-9-12-3-6-20(7-4-12)10-14(15,16)17/h2,5,8,12H,3-4,6-7,9-10H2,1H3,(H,18,19). The molecule has 0 aromatic carbocycles. The van der Waals surface area contributed by atoms with Gasteiger partial charge in [0, 0.05) is 24.1 Å². The monoisotopic (exact) mass is 287 g/mol. The van der Waals surface area contributed by atoms with Gasteiger partial charge in [-0.1, -0.05) is 0 Å². The summed E-state index contributed by atoms with van der Waals surface area (Å²) in [7, 11) is 0. The van der Waals surface area contributed by atoms with Crippen LogP contribution in [0.1, 0.15) is 18.5 Å². The number of aryl methyl sites for hydroxylation is 1. The smallest absolute Gasteiger partial charge is 0.385 e. The lowest BCUT2D eigenvalue weighted by molar-refractivity contribution is -0.148. The Bertz CT molecular complexity index is 426. The van der Waals surface area contributed by atoms with Crippen LogP contribution in [0.5, 0.6) is 0 Å². The summed E-state index contributed by atoms with van der Waals surface area (Å²) in [6.07, 6.45) is -0.705. The summed E-state index contributed by atoms with van der Waals surface area (Å²) < 4.78 is 36.9. The van der Waals surface area contributed by atoms with Crippen molar-refractivity contribution in [3.63, 3.8) is 0 Å². The van der Waals surface area contributed by atoms with Crippen LogP contribution in [0.25, 0.3) is 0 Å². The summed E-state index contributed by atoms with van der Waals surface area (Å²) in [6, 6.07) is 3.88. The lowest BCUT2D eigenvalue weighted by atomic mass is 9.96. The molecule has 1 aromatic rings. The SMILES string of the molecule is Cc1cc(NCC2CCN(CC(F)(F)F)CC2)ccn1. The summed E-state index contributed by atoms with van der Waals surface area (Å²) in [4.78, 5) is 5.62. The highest BCUT2D eigenvalue weighted by Gasteiger charge is 2.32. The van der Waals surface area contributed by atoms with Crippen molar-refractivity contribution in [2.24, 2.45) is 5.92 Å². The molecule has 0 amide bonds. The molecule has 0 saturated carbocycles. The van der Waals surface area contributed by atoms with Gasteiger partial charge in [-0.15, -0.1) is 0 Å². The van der Waals surface area contributed by atoms with Crippen molar-refractivity contribution < 1.29 is 13.2 Å². The van der Waals surface area contributed by atoms with E-state index in [2.05, 4.69) is 10.3 Å². The molecule has 2 heterocycles. The first-order valence-electron chi connectivity index (χ1n) is 6.88. The fourth-order valence-corrected chi connectivity index (χ4v) is 2.52. The van der Waals surface area contributed by atoms with Gasteiger partial charge in [-0.05, 0) is 50.9 Å². The second-order valence-corrected chi connectivity index (χ2v) is 5.40. The maximum absolute atomic E-state index is 12.3. The predicted molar refractivity (Wildman–Crippen MR) is 72.7 cm³/mol. The van der Waals surface area contributed by atoms with Crippen LogP contribution in [0.4, 0.5) is 18.9 Å². The van der Waals surface area contributed by atoms with Crippen LogP contribution in [0.3, 0.4) is 0 Å². The zero-order chi connectivity index (χ0) is 14.6. The van der Waals surface area contributed by atoms with E-state index in [4.69, 9.17) is 0 Å². The third-order valence-corrected chi connectivity index (χ3v) is 3.60. The number of rotatable bonds is 4. The first kappa shape index (κ1) is 15.1. The minimum atomic E-state index is -4.08. The number of piperidine rings is 1. The molecule has 112 valence electrons. The van der Waals surface area contributed by atoms with Gasteiger partial charge in [0.05, 0.1) is 6.54 Å². The number of aromatic nitrogens is 1. The Morgan fingerprint density at radius 3 is 2.65 bits per heavy atom. The van der Waals surface area contributed by atoms with Gasteiger partial charge < -0.3 is 5.32 Å². The van der Waals surface area contributed by atoms with Crippen molar-refractivity contribution in [3.8, 4) is 0 Å². The average Bonchev–Trinajstić information content (AvgIpc) is 2.36. The maximum atomic E-state index is 12.3. The lowest BCUT2D eigenvalue weighted by Crippen LogP contribution is -2.41. The molecule has 1 aliphatic rings. The van der Waals surface area contributed by atoms with Crippen molar-refractivity contribution in [3.05, 3.63) is 24.0 Å². The van der Waals surface area contributed by atoms with E-state index in [9.17, 15) is 13.2 Å². The fraction of sp³-hybridized carbons (Fsp3) is 0.643. The number of hydrogen-bond donors (Lipinski definition) is 1. The molecule has 6 heteroatoms. The summed E-state index contributed by atoms with van der Waals surface area (Å²) in [6.45, 7) is 3.02. The van der Waals surface area contributed by atoms with Crippen LogP contribution < -0.4 is 5.32 Å². The van der Waals surface area contributed by atoms with Gasteiger partial charge in [-0.2, -0.15) is 13.2 Å². The molecule has 1 saturated heterocycles. The molecule has 0 unspecified atom stereocenters. The topological polar surface area (TPSA) is 28.2 Å². The van der Waals surface area contributed by atoms with Gasteiger partial charge >= 0.3 is 6.18 Å². The van der Waals surface area contributed by atoms with Crippen LogP contribution in [-0.4, -0.2) is 42.2 Å². The second kappa shape index (κ2) is 6.43. The zero-order valence-corrected chi connectivity index (χ0v) is 11.6. The summed E-state index contributed by atoms with van der Waals surface area (Å²) in [5.74, 6) is 0.438. The van der Waals surface area contributed by atoms with Crippen LogP contribution in [0.2, 0.25) is 0 Å². The van der Waals surface area contributed by atoms with E-state index in [1.807, 2.05) is 19.1 Å². The highest BCUT2D eigenvalue weighted by molar-refractivity contribution is 5.42. The normalized spacial score (nSPS) is 18.2. The van der Waals surface area contributed by atoms with Gasteiger partial charge in [0.25, 0.3) is 0 Å². The molecule has 0 bridgehead atoms. The molecule has 0 aliphatic carbocycles. The predicted octanol–water partition coefficient (Wildman–Crippen LogP) is 3.08. The molecule has 2 rings (SSSR count). The molecule has 0 atom stereocenters. The van der Waals surface area contributed by atoms with Crippen molar-refractivity contribution in [2.75, 3.05) is 31.5 Å². The summed E-state index contributed by atoms with van der Waals surface area (Å²) in [5.41, 5.74) is 1.98. The van der Waals surface area contributed by atoms with Gasteiger partial charge in [0.15, 0.2) is 0 Å². The Balaban J connectivity index is 1.72. The number of nitrogens with zero attached hydrogens (tertiary/aromatic N) is 2. The number of anilines is 1. The third kappa shape index (κ3) is 5.00. The Hall–Kier alpha value is -1.30. The molecule has 1 fully saturated rings. The molecule has 1 N–H and O–H groups in total. The van der Waals surface area contributed by atoms with Crippen molar-refractivity contribution in [1.29, 1.82) is 0 Å². The van der Waals surface area contributed by atoms with E-state index in [1.54, 1.807) is 6.20 Å². The average molecular weight is 287 g/mol. The van der Waals surface area contributed by atoms with Gasteiger partial charge in [0.1, 0.15) is 0 Å². The summed E-state index contributed by atoms with van der Waals surface area (Å²) >= 11 is 0. The molecular formula is C14H20F3N3. The van der Waals surface area contributed by atoms with Gasteiger partial charge in [-0.25, -0.2) is 0 Å². The van der Waals surface area contributed by atoms with E-state index in [0.29, 0.717) is 19.0 Å². The fourth-order valence-electron chi connectivity index (χ4n) is 2.52. The van der Waals surface area contributed by atoms with Crippen LogP contribution in [0, 0.1) is 12.8 Å². The maximum Gasteiger partial charge on any atom is 0.401 e. The molecule has 3 nitrogen and oxygen atoms in total. The van der Waals surface area contributed by atoms with E-state index in [-0.39, 0.29) is 0 Å². The Morgan fingerprint density at radius 2 is 2.05 bits per heavy atom. The number of likely N-dealkylation sites (tertiary alicyclic amines) is 1. The first-order valence-corrected chi connectivity index (χ1v) is 6.88. The Kier molecular flexibility index (Phi) is 4.86. The number of alkyl halides is 3. The van der Waals surface area contributed by atoms with Gasteiger partial charge in [-0.3, -0.25) is 9.88 Å². The van der Waals surface area contributed by atoms with E-state index >= 15 is 0 Å². The third-order valence-electron chi connectivity index (χ3n) is 3.60. The Labute approximate surface area is 117 Å². The van der Waals surface area contributed by atoms with Crippen LogP contribution in [0.15, 0.2) is 18.3 Å². The zero-order valence-electron chi connectivity index (χ0n) is 11.6. The van der Waals surface area contributed by atoms with Gasteiger partial charge in [0.2, 0.25) is 0 Å². The second-order valence-electron chi connectivity index (χ2n) is 5.40. The van der Waals surface area contributed by atoms with E-state index in [1.165, 1.54) is 4.90 Å². The van der Waals surface area contributed by atoms with Crippen molar-refractivity contribution >= 4 is 5.69 Å².